The van der Waals surface area contributed by atoms with Gasteiger partial charge in [-0.1, -0.05) is 93.6 Å². The third-order valence-electron chi connectivity index (χ3n) is 4.49. The van der Waals surface area contributed by atoms with Crippen LogP contribution in [0.15, 0.2) is 72.8 Å². The second kappa shape index (κ2) is 8.45. The molecule has 0 unspecified atom stereocenters. The average molecular weight is 339 g/mol. The molecule has 128 valence electrons. The van der Waals surface area contributed by atoms with E-state index >= 15 is 0 Å². The lowest BCUT2D eigenvalue weighted by Crippen LogP contribution is -2.66. The fourth-order valence-electron chi connectivity index (χ4n) is 3.35. The van der Waals surface area contributed by atoms with Crippen LogP contribution in [-0.2, 0) is 4.43 Å². The summed E-state index contributed by atoms with van der Waals surface area (Å²) in [5.74, 6) is 0. The normalized spacial score (nSPS) is 12.7. The minimum atomic E-state index is -2.33. The third kappa shape index (κ3) is 4.06. The maximum Gasteiger partial charge on any atom is 0.261 e. The van der Waals surface area contributed by atoms with Gasteiger partial charge in [-0.2, -0.15) is 0 Å². The molecule has 2 rings (SSSR count). The van der Waals surface area contributed by atoms with Crippen LogP contribution in [0, 0.1) is 0 Å². The molecule has 0 radical (unpaired) electrons. The largest absolute Gasteiger partial charge is 0.407 e. The van der Waals surface area contributed by atoms with E-state index in [1.165, 1.54) is 10.4 Å². The molecular weight excluding hydrogens is 308 g/mol. The molecule has 2 aromatic carbocycles. The van der Waals surface area contributed by atoms with Crippen LogP contribution in [0.25, 0.3) is 0 Å². The lowest BCUT2D eigenvalue weighted by atomic mass is 10.2. The van der Waals surface area contributed by atoms with Gasteiger partial charge in [0.05, 0.1) is 0 Å². The Balaban J connectivity index is 2.45. The van der Waals surface area contributed by atoms with Crippen LogP contribution in [0.3, 0.4) is 0 Å². The van der Waals surface area contributed by atoms with E-state index in [-0.39, 0.29) is 5.04 Å². The Kier molecular flexibility index (Phi) is 6.58. The fraction of sp³-hybridized carbons (Fsp3) is 0.364. The van der Waals surface area contributed by atoms with Crippen LogP contribution in [0.2, 0.25) is 5.04 Å². The summed E-state index contributed by atoms with van der Waals surface area (Å²) in [4.78, 5) is 0. The van der Waals surface area contributed by atoms with Gasteiger partial charge in [-0.15, -0.1) is 0 Å². The quantitative estimate of drug-likeness (QED) is 0.395. The first kappa shape index (κ1) is 18.7. The maximum absolute atomic E-state index is 6.82. The first-order valence-electron chi connectivity index (χ1n) is 8.88. The van der Waals surface area contributed by atoms with E-state index in [0.717, 1.165) is 19.4 Å². The van der Waals surface area contributed by atoms with Gasteiger partial charge in [0, 0.05) is 6.61 Å². The van der Waals surface area contributed by atoms with Crippen molar-refractivity contribution in [3.63, 3.8) is 0 Å². The highest BCUT2D eigenvalue weighted by Crippen LogP contribution is 2.36. The average Bonchev–Trinajstić information content (AvgIpc) is 2.59. The van der Waals surface area contributed by atoms with Gasteiger partial charge in [-0.25, -0.2) is 0 Å². The molecule has 1 nitrogen and oxygen atoms in total. The Labute approximate surface area is 148 Å². The highest BCUT2D eigenvalue weighted by atomic mass is 28.4. The standard InChI is InChI=1S/C22H30OSi/c1-5-6-7-14-19-23-24(22(2,3)4,20-15-10-8-11-16-20)21-17-12-9-13-18-21/h5-6,8-13,15-18H,7,14,19H2,1-4H3/b6-5-. The van der Waals surface area contributed by atoms with Gasteiger partial charge in [-0.05, 0) is 35.2 Å². The summed E-state index contributed by atoms with van der Waals surface area (Å²) >= 11 is 0. The van der Waals surface area contributed by atoms with Crippen LogP contribution in [0.5, 0.6) is 0 Å². The second-order valence-corrected chi connectivity index (χ2v) is 11.5. The fourth-order valence-corrected chi connectivity index (χ4v) is 7.96. The van der Waals surface area contributed by atoms with E-state index < -0.39 is 8.32 Å². The first-order chi connectivity index (χ1) is 11.5. The van der Waals surface area contributed by atoms with Crippen molar-refractivity contribution >= 4 is 18.7 Å². The molecule has 0 aliphatic rings. The van der Waals surface area contributed by atoms with E-state index in [0.29, 0.717) is 0 Å². The highest BCUT2D eigenvalue weighted by Gasteiger charge is 2.49. The molecule has 0 fully saturated rings. The van der Waals surface area contributed by atoms with E-state index in [1.54, 1.807) is 0 Å². The molecule has 0 atom stereocenters. The second-order valence-electron chi connectivity index (χ2n) is 7.22. The number of rotatable bonds is 7. The lowest BCUT2D eigenvalue weighted by Gasteiger charge is -2.43. The molecule has 0 aliphatic carbocycles. The summed E-state index contributed by atoms with van der Waals surface area (Å²) in [7, 11) is -2.33. The minimum absolute atomic E-state index is 0.0658. The number of unbranched alkanes of at least 4 members (excludes halogenated alkanes) is 1. The van der Waals surface area contributed by atoms with Gasteiger partial charge >= 0.3 is 0 Å². The van der Waals surface area contributed by atoms with Crippen LogP contribution in [-0.4, -0.2) is 14.9 Å². The molecule has 2 aromatic rings. The summed E-state index contributed by atoms with van der Waals surface area (Å²) in [5.41, 5.74) is 0. The highest BCUT2D eigenvalue weighted by molar-refractivity contribution is 6.99. The summed E-state index contributed by atoms with van der Waals surface area (Å²) in [5, 5.41) is 2.78. The third-order valence-corrected chi connectivity index (χ3v) is 9.53. The molecule has 0 amide bonds. The molecule has 24 heavy (non-hydrogen) atoms. The van der Waals surface area contributed by atoms with Crippen molar-refractivity contribution in [1.29, 1.82) is 0 Å². The zero-order chi connectivity index (χ0) is 17.5. The molecule has 2 heteroatoms. The van der Waals surface area contributed by atoms with Crippen molar-refractivity contribution < 1.29 is 4.43 Å². The molecule has 0 saturated carbocycles. The summed E-state index contributed by atoms with van der Waals surface area (Å²) in [6.45, 7) is 9.85. The van der Waals surface area contributed by atoms with Crippen molar-refractivity contribution in [2.45, 2.75) is 45.6 Å². The van der Waals surface area contributed by atoms with Gasteiger partial charge in [0.2, 0.25) is 0 Å². The predicted molar refractivity (Wildman–Crippen MR) is 108 cm³/mol. The topological polar surface area (TPSA) is 9.23 Å². The Hall–Kier alpha value is -1.64. The molecule has 0 bridgehead atoms. The van der Waals surface area contributed by atoms with E-state index in [4.69, 9.17) is 4.43 Å². The zero-order valence-electron chi connectivity index (χ0n) is 15.5. The number of allylic oxidation sites excluding steroid dienone is 2. The molecule has 0 aliphatic heterocycles. The van der Waals surface area contributed by atoms with E-state index in [2.05, 4.69) is 101 Å². The van der Waals surface area contributed by atoms with Gasteiger partial charge in [0.1, 0.15) is 0 Å². The molecular formula is C22H30OSi. The monoisotopic (exact) mass is 338 g/mol. The van der Waals surface area contributed by atoms with Gasteiger partial charge < -0.3 is 4.43 Å². The molecule has 0 aromatic heterocycles. The van der Waals surface area contributed by atoms with Gasteiger partial charge in [0.15, 0.2) is 0 Å². The van der Waals surface area contributed by atoms with Crippen molar-refractivity contribution in [2.24, 2.45) is 0 Å². The Morgan fingerprint density at radius 1 is 0.875 bits per heavy atom. The van der Waals surface area contributed by atoms with Crippen molar-refractivity contribution in [1.82, 2.24) is 0 Å². The zero-order valence-corrected chi connectivity index (χ0v) is 16.5. The number of hydrogen-bond donors (Lipinski definition) is 0. The van der Waals surface area contributed by atoms with Crippen LogP contribution >= 0.6 is 0 Å². The molecule has 0 saturated heterocycles. The van der Waals surface area contributed by atoms with Crippen LogP contribution in [0.1, 0.15) is 40.5 Å². The first-order valence-corrected chi connectivity index (χ1v) is 10.8. The summed E-state index contributed by atoms with van der Waals surface area (Å²) < 4.78 is 6.82. The van der Waals surface area contributed by atoms with Gasteiger partial charge in [0.25, 0.3) is 8.32 Å². The number of benzene rings is 2. The van der Waals surface area contributed by atoms with Crippen LogP contribution in [0.4, 0.5) is 0 Å². The summed E-state index contributed by atoms with van der Waals surface area (Å²) in [6, 6.07) is 21.7. The van der Waals surface area contributed by atoms with Crippen LogP contribution < -0.4 is 10.4 Å². The minimum Gasteiger partial charge on any atom is -0.407 e. The predicted octanol–water partition coefficient (Wildman–Crippen LogP) is 4.92. The SMILES string of the molecule is C/C=C\CCCO[Si](c1ccccc1)(c1ccccc1)C(C)(C)C. The van der Waals surface area contributed by atoms with Gasteiger partial charge in [-0.3, -0.25) is 0 Å². The van der Waals surface area contributed by atoms with Crippen molar-refractivity contribution in [3.8, 4) is 0 Å². The lowest BCUT2D eigenvalue weighted by molar-refractivity contribution is 0.293. The Morgan fingerprint density at radius 3 is 1.79 bits per heavy atom. The molecule has 0 N–H and O–H groups in total. The van der Waals surface area contributed by atoms with E-state index in [1.807, 2.05) is 0 Å². The molecule has 0 heterocycles. The Morgan fingerprint density at radius 2 is 1.38 bits per heavy atom. The van der Waals surface area contributed by atoms with Crippen molar-refractivity contribution in [2.75, 3.05) is 6.61 Å². The Bertz CT molecular complexity index is 587. The smallest absolute Gasteiger partial charge is 0.261 e. The molecule has 0 spiro atoms. The maximum atomic E-state index is 6.82. The summed E-state index contributed by atoms with van der Waals surface area (Å²) in [6.07, 6.45) is 6.47. The van der Waals surface area contributed by atoms with Crippen molar-refractivity contribution in [3.05, 3.63) is 72.8 Å². The van der Waals surface area contributed by atoms with E-state index in [9.17, 15) is 0 Å². The number of hydrogen-bond acceptors (Lipinski definition) is 1.